The van der Waals surface area contributed by atoms with Crippen LogP contribution in [0.25, 0.3) is 0 Å². The van der Waals surface area contributed by atoms with Crippen LogP contribution in [0.15, 0.2) is 22.9 Å². The summed E-state index contributed by atoms with van der Waals surface area (Å²) in [5.74, 6) is 0. The minimum Gasteiger partial charge on any atom is -0.378 e. The summed E-state index contributed by atoms with van der Waals surface area (Å²) in [5, 5.41) is 0. The molecule has 1 aliphatic rings. The van der Waals surface area contributed by atoms with Gasteiger partial charge in [0.05, 0.1) is 34.2 Å². The smallest absolute Gasteiger partial charge is 0.0642 e. The van der Waals surface area contributed by atoms with E-state index in [2.05, 4.69) is 25.7 Å². The highest BCUT2D eigenvalue weighted by molar-refractivity contribution is 9.10. The van der Waals surface area contributed by atoms with Gasteiger partial charge in [-0.15, -0.1) is 0 Å². The van der Waals surface area contributed by atoms with Crippen molar-refractivity contribution in [2.45, 2.75) is 0 Å². The predicted octanol–water partition coefficient (Wildman–Crippen LogP) is 1.68. The van der Waals surface area contributed by atoms with Crippen LogP contribution in [0.1, 0.15) is 11.0 Å². The Kier molecular flexibility index (Phi) is 1.10. The van der Waals surface area contributed by atoms with Gasteiger partial charge in [-0.25, -0.2) is 0 Å². The number of ether oxygens (including phenoxy) is 1. The molecule has 0 aromatic carbocycles. The number of aromatic nitrogens is 1. The van der Waals surface area contributed by atoms with Gasteiger partial charge < -0.3 is 9.64 Å². The summed E-state index contributed by atoms with van der Waals surface area (Å²) in [5.41, 5.74) is -0.0731. The van der Waals surface area contributed by atoms with Crippen LogP contribution in [0.3, 0.4) is 0 Å². The summed E-state index contributed by atoms with van der Waals surface area (Å²) < 4.78 is 66.6. The summed E-state index contributed by atoms with van der Waals surface area (Å²) in [6, 6.07) is 1.26. The van der Waals surface area contributed by atoms with Crippen molar-refractivity contribution in [1.29, 1.82) is 0 Å². The molecule has 0 radical (unpaired) electrons. The van der Waals surface area contributed by atoms with Crippen LogP contribution >= 0.6 is 15.9 Å². The Balaban J connectivity index is 2.71. The Labute approximate surface area is 97.1 Å². The Morgan fingerprint density at radius 1 is 1.54 bits per heavy atom. The summed E-state index contributed by atoms with van der Waals surface area (Å²) >= 11 is 3.09. The lowest BCUT2D eigenvalue weighted by molar-refractivity contribution is 0.122. The lowest BCUT2D eigenvalue weighted by atomic mass is 10.3. The van der Waals surface area contributed by atoms with E-state index in [-0.39, 0.29) is 10.2 Å². The number of nitrogens with zero attached hydrogens (tertiary/aromatic N) is 2. The molecule has 0 bridgehead atoms. The number of hydrogen-bond donors (Lipinski definition) is 0. The van der Waals surface area contributed by atoms with Gasteiger partial charge >= 0.3 is 0 Å². The summed E-state index contributed by atoms with van der Waals surface area (Å²) in [7, 11) is 0. The van der Waals surface area contributed by atoms with Gasteiger partial charge in [0.2, 0.25) is 0 Å². The molecule has 1 aliphatic heterocycles. The van der Waals surface area contributed by atoms with Gasteiger partial charge in [-0.05, 0) is 22.0 Å². The molecule has 2 heterocycles. The van der Waals surface area contributed by atoms with Crippen molar-refractivity contribution in [2.24, 2.45) is 0 Å². The highest BCUT2D eigenvalue weighted by Gasteiger charge is 2.12. The zero-order valence-corrected chi connectivity index (χ0v) is 8.00. The first-order valence-electron chi connectivity index (χ1n) is 7.45. The molecule has 0 atom stereocenters. The average molecular weight is 251 g/mol. The molecule has 0 aliphatic carbocycles. The van der Waals surface area contributed by atoms with Crippen LogP contribution in [-0.4, -0.2) is 31.1 Å². The van der Waals surface area contributed by atoms with E-state index in [1.165, 1.54) is 18.5 Å². The van der Waals surface area contributed by atoms with Crippen molar-refractivity contribution in [3.63, 3.8) is 0 Å². The van der Waals surface area contributed by atoms with Crippen LogP contribution in [0.5, 0.6) is 0 Å². The van der Waals surface area contributed by atoms with Crippen molar-refractivity contribution >= 4 is 21.6 Å². The standard InChI is InChI=1S/C9H11BrN2O/c10-8-7-11-2-1-9(8)12-3-5-13-6-4-12/h1-2,7H,3-6H2/i3D2,4D2,5D2,6D2. The van der Waals surface area contributed by atoms with E-state index in [1.54, 1.807) is 0 Å². The predicted molar refractivity (Wildman–Crippen MR) is 55.0 cm³/mol. The van der Waals surface area contributed by atoms with Crippen LogP contribution < -0.4 is 4.90 Å². The number of rotatable bonds is 1. The van der Waals surface area contributed by atoms with Crippen LogP contribution in [-0.2, 0) is 4.74 Å². The third-order valence-corrected chi connectivity index (χ3v) is 2.02. The first-order valence-corrected chi connectivity index (χ1v) is 4.24. The third-order valence-electron chi connectivity index (χ3n) is 1.41. The largest absolute Gasteiger partial charge is 0.378 e. The van der Waals surface area contributed by atoms with E-state index < -0.39 is 26.1 Å². The molecule has 3 nitrogen and oxygen atoms in total. The van der Waals surface area contributed by atoms with Gasteiger partial charge in [-0.2, -0.15) is 0 Å². The molecule has 0 saturated carbocycles. The number of pyridine rings is 1. The lowest BCUT2D eigenvalue weighted by Crippen LogP contribution is -2.36. The Hall–Kier alpha value is -0.610. The fraction of sp³-hybridized carbons (Fsp3) is 0.444. The van der Waals surface area contributed by atoms with Gasteiger partial charge in [0.25, 0.3) is 0 Å². The minimum atomic E-state index is -3.06. The van der Waals surface area contributed by atoms with E-state index in [4.69, 9.17) is 11.0 Å². The van der Waals surface area contributed by atoms with Crippen LogP contribution in [0.2, 0.25) is 0 Å². The van der Waals surface area contributed by atoms with Gasteiger partial charge in [0.15, 0.2) is 0 Å². The zero-order valence-electron chi connectivity index (χ0n) is 14.4. The second-order valence-electron chi connectivity index (χ2n) is 2.19. The zero-order chi connectivity index (χ0) is 16.3. The highest BCUT2D eigenvalue weighted by Crippen LogP contribution is 2.24. The molecular formula is C9H11BrN2O. The van der Waals surface area contributed by atoms with Crippen molar-refractivity contribution < 1.29 is 15.7 Å². The maximum Gasteiger partial charge on any atom is 0.0642 e. The Morgan fingerprint density at radius 2 is 2.31 bits per heavy atom. The molecule has 2 rings (SSSR count). The van der Waals surface area contributed by atoms with Crippen molar-refractivity contribution in [3.8, 4) is 0 Å². The fourth-order valence-electron chi connectivity index (χ4n) is 0.860. The molecule has 1 aromatic rings. The first-order chi connectivity index (χ1) is 9.34. The molecule has 1 saturated heterocycles. The molecule has 1 aromatic heterocycles. The van der Waals surface area contributed by atoms with Crippen molar-refractivity contribution in [2.75, 3.05) is 31.0 Å². The topological polar surface area (TPSA) is 25.4 Å². The second-order valence-corrected chi connectivity index (χ2v) is 3.05. The molecule has 13 heavy (non-hydrogen) atoms. The normalized spacial score (nSPS) is 42.1. The monoisotopic (exact) mass is 250 g/mol. The Bertz CT molecular complexity index is 540. The quantitative estimate of drug-likeness (QED) is 0.759. The van der Waals surface area contributed by atoms with Gasteiger partial charge in [-0.3, -0.25) is 4.98 Å². The van der Waals surface area contributed by atoms with E-state index >= 15 is 0 Å². The molecule has 0 amide bonds. The van der Waals surface area contributed by atoms with Gasteiger partial charge in [-0.1, -0.05) is 0 Å². The fourth-order valence-corrected chi connectivity index (χ4v) is 1.29. The SMILES string of the molecule is [2H]C1([2H])OC([2H])([2H])C([2H])([2H])N(c2ccncc2Br)C1([2H])[2H]. The van der Waals surface area contributed by atoms with Crippen LogP contribution in [0, 0.1) is 0 Å². The van der Waals surface area contributed by atoms with Gasteiger partial charge in [0, 0.05) is 25.4 Å². The average Bonchev–Trinajstić information content (AvgIpc) is 2.28. The van der Waals surface area contributed by atoms with E-state index in [0.29, 0.717) is 4.90 Å². The summed E-state index contributed by atoms with van der Waals surface area (Å²) in [6.07, 6.45) is 2.55. The third kappa shape index (κ3) is 2.00. The van der Waals surface area contributed by atoms with E-state index in [0.717, 1.165) is 0 Å². The van der Waals surface area contributed by atoms with Crippen molar-refractivity contribution in [1.82, 2.24) is 4.98 Å². The minimum absolute atomic E-state index is 0.0731. The number of halogens is 1. The number of morpholine rings is 1. The second kappa shape index (κ2) is 4.07. The number of hydrogen-bond acceptors (Lipinski definition) is 3. The van der Waals surface area contributed by atoms with E-state index in [1.807, 2.05) is 0 Å². The molecule has 0 N–H and O–H groups in total. The molecule has 0 spiro atoms. The van der Waals surface area contributed by atoms with Gasteiger partial charge in [0.1, 0.15) is 0 Å². The molecule has 1 fully saturated rings. The van der Waals surface area contributed by atoms with Crippen LogP contribution in [0.4, 0.5) is 5.69 Å². The maximum absolute atomic E-state index is 7.90. The molecule has 4 heteroatoms. The van der Waals surface area contributed by atoms with E-state index in [9.17, 15) is 0 Å². The summed E-state index contributed by atoms with van der Waals surface area (Å²) in [4.78, 5) is 4.17. The number of anilines is 1. The maximum atomic E-state index is 7.90. The molecule has 0 unspecified atom stereocenters. The molecule has 70 valence electrons. The lowest BCUT2D eigenvalue weighted by Gasteiger charge is -2.29. The highest BCUT2D eigenvalue weighted by atomic mass is 79.9. The van der Waals surface area contributed by atoms with Crippen molar-refractivity contribution in [3.05, 3.63) is 22.9 Å². The first kappa shape index (κ1) is 3.51. The molecular weight excluding hydrogens is 232 g/mol. The Morgan fingerprint density at radius 3 is 3.00 bits per heavy atom. The summed E-state index contributed by atoms with van der Waals surface area (Å²) in [6.45, 7) is -12.0.